The first-order chi connectivity index (χ1) is 9.27. The van der Waals surface area contributed by atoms with Gasteiger partial charge in [0.15, 0.2) is 0 Å². The molecule has 0 aliphatic heterocycles. The smallest absolute Gasteiger partial charge is 0.225 e. The summed E-state index contributed by atoms with van der Waals surface area (Å²) in [7, 11) is -3.91. The van der Waals surface area contributed by atoms with Gasteiger partial charge in [0.05, 0.1) is 10.5 Å². The van der Waals surface area contributed by atoms with E-state index in [9.17, 15) is 13.5 Å². The van der Waals surface area contributed by atoms with Crippen LogP contribution in [0.25, 0.3) is 0 Å². The van der Waals surface area contributed by atoms with E-state index in [1.54, 1.807) is 18.2 Å². The van der Waals surface area contributed by atoms with Gasteiger partial charge in [-0.05, 0) is 25.0 Å². The van der Waals surface area contributed by atoms with Gasteiger partial charge in [0, 0.05) is 6.42 Å². The molecular formula is C14H18Cl2O3S. The Kier molecular flexibility index (Phi) is 4.69. The van der Waals surface area contributed by atoms with Gasteiger partial charge < -0.3 is 5.11 Å². The zero-order valence-electron chi connectivity index (χ0n) is 11.1. The highest BCUT2D eigenvalue weighted by atomic mass is 35.5. The Morgan fingerprint density at radius 2 is 1.65 bits per heavy atom. The van der Waals surface area contributed by atoms with E-state index in [2.05, 4.69) is 0 Å². The zero-order valence-corrected chi connectivity index (χ0v) is 13.4. The molecule has 1 aliphatic rings. The quantitative estimate of drug-likeness (QED) is 0.853. The van der Waals surface area contributed by atoms with Crippen molar-refractivity contribution in [3.05, 3.63) is 30.3 Å². The van der Waals surface area contributed by atoms with E-state index in [4.69, 9.17) is 23.2 Å². The maximum atomic E-state index is 12.5. The molecule has 0 saturated heterocycles. The summed E-state index contributed by atoms with van der Waals surface area (Å²) in [6.45, 7) is 0. The lowest BCUT2D eigenvalue weighted by atomic mass is 9.83. The predicted octanol–water partition coefficient (Wildman–Crippen LogP) is 3.68. The van der Waals surface area contributed by atoms with Crippen molar-refractivity contribution in [1.29, 1.82) is 0 Å². The first kappa shape index (κ1) is 16.1. The topological polar surface area (TPSA) is 54.4 Å². The van der Waals surface area contributed by atoms with Gasteiger partial charge in [-0.3, -0.25) is 0 Å². The molecule has 20 heavy (non-hydrogen) atoms. The minimum absolute atomic E-state index is 0.0735. The number of sulfone groups is 1. The second kappa shape index (κ2) is 5.84. The summed E-state index contributed by atoms with van der Waals surface area (Å²) in [4.78, 5) is 0.0735. The van der Waals surface area contributed by atoms with Crippen LogP contribution in [0.2, 0.25) is 0 Å². The van der Waals surface area contributed by atoms with E-state index < -0.39 is 19.1 Å². The molecule has 112 valence electrons. The Labute approximate surface area is 129 Å². The molecule has 1 N–H and O–H groups in total. The summed E-state index contributed by atoms with van der Waals surface area (Å²) in [6.07, 6.45) is 3.69. The third kappa shape index (κ3) is 3.30. The first-order valence-electron chi connectivity index (χ1n) is 6.67. The Bertz CT molecular complexity index is 549. The average Bonchev–Trinajstić information content (AvgIpc) is 2.39. The molecule has 1 aromatic rings. The standard InChI is InChI=1S/C14H18Cl2O3S/c15-14(16,11-13(17)9-5-2-6-10-13)20(18,19)12-7-3-1-4-8-12/h1,3-4,7-8,17H,2,5-6,9-11H2. The molecule has 0 heterocycles. The van der Waals surface area contributed by atoms with Crippen molar-refractivity contribution >= 4 is 33.0 Å². The number of halogens is 2. The highest BCUT2D eigenvalue weighted by molar-refractivity contribution is 7.95. The molecule has 1 aliphatic carbocycles. The lowest BCUT2D eigenvalue weighted by Gasteiger charge is -2.36. The Morgan fingerprint density at radius 1 is 1.10 bits per heavy atom. The van der Waals surface area contributed by atoms with E-state index in [0.29, 0.717) is 12.8 Å². The second-order valence-electron chi connectivity index (χ2n) is 5.42. The highest BCUT2D eigenvalue weighted by Gasteiger charge is 2.47. The fourth-order valence-corrected chi connectivity index (χ4v) is 4.99. The number of rotatable bonds is 4. The number of hydrogen-bond donors (Lipinski definition) is 1. The van der Waals surface area contributed by atoms with E-state index >= 15 is 0 Å². The van der Waals surface area contributed by atoms with Gasteiger partial charge in [-0.2, -0.15) is 0 Å². The molecule has 0 radical (unpaired) electrons. The minimum atomic E-state index is -3.91. The molecular weight excluding hydrogens is 319 g/mol. The fraction of sp³-hybridized carbons (Fsp3) is 0.571. The Morgan fingerprint density at radius 3 is 2.20 bits per heavy atom. The van der Waals surface area contributed by atoms with Crippen molar-refractivity contribution in [2.45, 2.75) is 52.7 Å². The molecule has 2 rings (SSSR count). The van der Waals surface area contributed by atoms with Crippen LogP contribution in [-0.4, -0.2) is 22.8 Å². The lowest BCUT2D eigenvalue weighted by Crippen LogP contribution is -2.41. The monoisotopic (exact) mass is 336 g/mol. The van der Waals surface area contributed by atoms with Gasteiger partial charge >= 0.3 is 0 Å². The molecule has 1 aromatic carbocycles. The van der Waals surface area contributed by atoms with E-state index in [-0.39, 0.29) is 11.3 Å². The molecule has 3 nitrogen and oxygen atoms in total. The summed E-state index contributed by atoms with van der Waals surface area (Å²) in [5.74, 6) is 0. The summed E-state index contributed by atoms with van der Waals surface area (Å²) >= 11 is 12.2. The molecule has 0 atom stereocenters. The molecule has 1 saturated carbocycles. The van der Waals surface area contributed by atoms with E-state index in [0.717, 1.165) is 19.3 Å². The van der Waals surface area contributed by atoms with Crippen LogP contribution in [0.1, 0.15) is 38.5 Å². The third-order valence-corrected chi connectivity index (χ3v) is 7.08. The molecule has 0 aromatic heterocycles. The van der Waals surface area contributed by atoms with Crippen molar-refractivity contribution in [3.8, 4) is 0 Å². The average molecular weight is 337 g/mol. The minimum Gasteiger partial charge on any atom is -0.390 e. The molecule has 0 spiro atoms. The maximum Gasteiger partial charge on any atom is 0.225 e. The van der Waals surface area contributed by atoms with Gasteiger partial charge in [0.2, 0.25) is 13.5 Å². The third-order valence-electron chi connectivity index (χ3n) is 3.77. The molecule has 0 amide bonds. The van der Waals surface area contributed by atoms with E-state index in [1.165, 1.54) is 12.1 Å². The van der Waals surface area contributed by atoms with Crippen LogP contribution < -0.4 is 0 Å². The number of alkyl halides is 2. The maximum absolute atomic E-state index is 12.5. The van der Waals surface area contributed by atoms with Gasteiger partial charge in [0.25, 0.3) is 0 Å². The predicted molar refractivity (Wildman–Crippen MR) is 80.7 cm³/mol. The Balaban J connectivity index is 2.25. The number of hydrogen-bond acceptors (Lipinski definition) is 3. The Hall–Kier alpha value is -0.290. The normalized spacial score (nSPS) is 19.8. The van der Waals surface area contributed by atoms with Crippen LogP contribution in [0.3, 0.4) is 0 Å². The summed E-state index contributed by atoms with van der Waals surface area (Å²) in [5, 5.41) is 10.5. The van der Waals surface area contributed by atoms with Crippen molar-refractivity contribution in [3.63, 3.8) is 0 Å². The largest absolute Gasteiger partial charge is 0.390 e. The van der Waals surface area contributed by atoms with Crippen LogP contribution in [0.4, 0.5) is 0 Å². The summed E-state index contributed by atoms with van der Waals surface area (Å²) in [6, 6.07) is 7.87. The van der Waals surface area contributed by atoms with Gasteiger partial charge in [-0.15, -0.1) is 0 Å². The zero-order chi connectivity index (χ0) is 14.9. The van der Waals surface area contributed by atoms with Crippen molar-refractivity contribution < 1.29 is 13.5 Å². The van der Waals surface area contributed by atoms with Crippen molar-refractivity contribution in [2.75, 3.05) is 0 Å². The van der Waals surface area contributed by atoms with Crippen molar-refractivity contribution in [2.24, 2.45) is 0 Å². The van der Waals surface area contributed by atoms with E-state index in [1.807, 2.05) is 0 Å². The summed E-state index contributed by atoms with van der Waals surface area (Å²) < 4.78 is 23.0. The van der Waals surface area contributed by atoms with Gasteiger partial charge in [0.1, 0.15) is 0 Å². The SMILES string of the molecule is O=S(=O)(c1ccccc1)C(Cl)(Cl)CC1(O)CCCCC1. The van der Waals surface area contributed by atoms with Crippen LogP contribution in [0.15, 0.2) is 35.2 Å². The molecule has 6 heteroatoms. The molecule has 1 fully saturated rings. The van der Waals surface area contributed by atoms with Crippen LogP contribution in [0, 0.1) is 0 Å². The highest BCUT2D eigenvalue weighted by Crippen LogP contribution is 2.44. The van der Waals surface area contributed by atoms with Crippen LogP contribution in [-0.2, 0) is 9.84 Å². The first-order valence-corrected chi connectivity index (χ1v) is 8.91. The van der Waals surface area contributed by atoms with Gasteiger partial charge in [-0.1, -0.05) is 60.7 Å². The molecule has 0 bridgehead atoms. The summed E-state index contributed by atoms with van der Waals surface area (Å²) in [5.41, 5.74) is -1.09. The molecule has 0 unspecified atom stereocenters. The van der Waals surface area contributed by atoms with Crippen LogP contribution in [0.5, 0.6) is 0 Å². The lowest BCUT2D eigenvalue weighted by molar-refractivity contribution is -0.00274. The number of aliphatic hydroxyl groups is 1. The van der Waals surface area contributed by atoms with Crippen molar-refractivity contribution in [1.82, 2.24) is 0 Å². The fourth-order valence-electron chi connectivity index (χ4n) is 2.64. The van der Waals surface area contributed by atoms with Crippen LogP contribution >= 0.6 is 23.2 Å². The number of benzene rings is 1. The van der Waals surface area contributed by atoms with Gasteiger partial charge in [-0.25, -0.2) is 8.42 Å². The second-order valence-corrected chi connectivity index (χ2v) is 9.52.